The number of alkyl halides is 2. The summed E-state index contributed by atoms with van der Waals surface area (Å²) < 4.78 is 10.6. The molecular formula is C4H8ClFN2O2. The summed E-state index contributed by atoms with van der Waals surface area (Å²) >= 11 is 4.86. The van der Waals surface area contributed by atoms with Crippen molar-refractivity contribution in [2.24, 2.45) is 11.5 Å². The van der Waals surface area contributed by atoms with E-state index in [2.05, 4.69) is 11.5 Å². The molecular weight excluding hydrogens is 163 g/mol. The number of primary amides is 2. The zero-order valence-corrected chi connectivity index (χ0v) is 5.90. The molecule has 0 bridgehead atoms. The van der Waals surface area contributed by atoms with Crippen LogP contribution in [-0.2, 0) is 9.59 Å². The van der Waals surface area contributed by atoms with Crippen molar-refractivity contribution >= 4 is 23.4 Å². The van der Waals surface area contributed by atoms with E-state index in [-0.39, 0.29) is 5.88 Å². The summed E-state index contributed by atoms with van der Waals surface area (Å²) in [6, 6.07) is 0. The number of nitrogens with two attached hydrogens (primary N) is 2. The number of rotatable bonds is 2. The third kappa shape index (κ3) is 27.2. The normalized spacial score (nSPS) is 7.40. The Morgan fingerprint density at radius 1 is 1.30 bits per heavy atom. The molecule has 0 unspecified atom stereocenters. The zero-order chi connectivity index (χ0) is 8.57. The number of amides is 2. The zero-order valence-electron chi connectivity index (χ0n) is 5.14. The van der Waals surface area contributed by atoms with Crippen molar-refractivity contribution in [2.45, 2.75) is 0 Å². The van der Waals surface area contributed by atoms with Gasteiger partial charge in [-0.25, -0.2) is 4.39 Å². The third-order valence-electron chi connectivity index (χ3n) is 0.263. The lowest BCUT2D eigenvalue weighted by Gasteiger charge is -1.71. The van der Waals surface area contributed by atoms with E-state index in [0.29, 0.717) is 0 Å². The van der Waals surface area contributed by atoms with Crippen LogP contribution in [0.4, 0.5) is 4.39 Å². The molecule has 60 valence electrons. The first-order valence-corrected chi connectivity index (χ1v) is 2.76. The summed E-state index contributed by atoms with van der Waals surface area (Å²) in [5.41, 5.74) is 8.80. The molecule has 0 saturated carbocycles. The lowest BCUT2D eigenvalue weighted by Crippen LogP contribution is -2.11. The van der Waals surface area contributed by atoms with Crippen molar-refractivity contribution in [1.29, 1.82) is 0 Å². The highest BCUT2D eigenvalue weighted by molar-refractivity contribution is 6.27. The third-order valence-corrected chi connectivity index (χ3v) is 0.527. The van der Waals surface area contributed by atoms with Gasteiger partial charge in [0.05, 0.1) is 0 Å². The molecule has 0 saturated heterocycles. The van der Waals surface area contributed by atoms with Gasteiger partial charge in [-0.15, -0.1) is 11.6 Å². The van der Waals surface area contributed by atoms with Gasteiger partial charge in [-0.05, 0) is 0 Å². The van der Waals surface area contributed by atoms with Crippen LogP contribution >= 0.6 is 11.6 Å². The van der Waals surface area contributed by atoms with Crippen LogP contribution in [0.25, 0.3) is 0 Å². The molecule has 0 atom stereocenters. The van der Waals surface area contributed by atoms with Gasteiger partial charge >= 0.3 is 0 Å². The molecule has 0 fully saturated rings. The van der Waals surface area contributed by atoms with Crippen LogP contribution in [0.3, 0.4) is 0 Å². The fraction of sp³-hybridized carbons (Fsp3) is 0.500. The summed E-state index contributed by atoms with van der Waals surface area (Å²) in [5.74, 6) is -1.48. The summed E-state index contributed by atoms with van der Waals surface area (Å²) in [6.45, 7) is -1.06. The summed E-state index contributed by atoms with van der Waals surface area (Å²) in [7, 11) is 0. The molecule has 0 aromatic carbocycles. The topological polar surface area (TPSA) is 86.2 Å². The van der Waals surface area contributed by atoms with E-state index < -0.39 is 18.5 Å². The highest BCUT2D eigenvalue weighted by Gasteiger charge is 1.81. The Kier molecular flexibility index (Phi) is 9.71. The molecule has 0 rings (SSSR count). The van der Waals surface area contributed by atoms with Crippen LogP contribution in [-0.4, -0.2) is 24.4 Å². The first-order chi connectivity index (χ1) is 4.54. The fourth-order valence-electron chi connectivity index (χ4n) is 0. The smallest absolute Gasteiger partial charge is 0.248 e. The minimum Gasteiger partial charge on any atom is -0.369 e. The molecule has 0 heterocycles. The second-order valence-corrected chi connectivity index (χ2v) is 1.47. The first kappa shape index (κ1) is 11.9. The molecule has 0 aromatic rings. The van der Waals surface area contributed by atoms with Crippen LogP contribution < -0.4 is 11.5 Å². The predicted octanol–water partition coefficient (Wildman–Crippen LogP) is -0.848. The summed E-state index contributed by atoms with van der Waals surface area (Å²) in [4.78, 5) is 18.7. The molecule has 0 aliphatic carbocycles. The van der Waals surface area contributed by atoms with E-state index in [0.717, 1.165) is 0 Å². The monoisotopic (exact) mass is 170 g/mol. The van der Waals surface area contributed by atoms with Crippen LogP contribution in [0, 0.1) is 0 Å². The van der Waals surface area contributed by atoms with Crippen LogP contribution in [0.2, 0.25) is 0 Å². The van der Waals surface area contributed by atoms with E-state index in [4.69, 9.17) is 11.6 Å². The van der Waals surface area contributed by atoms with E-state index in [1.807, 2.05) is 0 Å². The molecule has 0 aliphatic heterocycles. The van der Waals surface area contributed by atoms with Gasteiger partial charge in [-0.1, -0.05) is 0 Å². The largest absolute Gasteiger partial charge is 0.369 e. The lowest BCUT2D eigenvalue weighted by atomic mass is 10.7. The minimum atomic E-state index is -1.06. The van der Waals surface area contributed by atoms with Gasteiger partial charge < -0.3 is 11.5 Å². The molecule has 10 heavy (non-hydrogen) atoms. The van der Waals surface area contributed by atoms with E-state index in [1.165, 1.54) is 0 Å². The lowest BCUT2D eigenvalue weighted by molar-refractivity contribution is -0.119. The highest BCUT2D eigenvalue weighted by Crippen LogP contribution is 1.64. The minimum absolute atomic E-state index is 0.0833. The molecule has 0 aliphatic rings. The Hall–Kier alpha value is -0.840. The van der Waals surface area contributed by atoms with Gasteiger partial charge in [-0.2, -0.15) is 0 Å². The Labute approximate surface area is 62.3 Å². The maximum absolute atomic E-state index is 10.6. The van der Waals surface area contributed by atoms with Gasteiger partial charge in [0, 0.05) is 0 Å². The van der Waals surface area contributed by atoms with Crippen molar-refractivity contribution < 1.29 is 14.0 Å². The van der Waals surface area contributed by atoms with Crippen molar-refractivity contribution in [3.8, 4) is 0 Å². The highest BCUT2D eigenvalue weighted by atomic mass is 35.5. The second kappa shape index (κ2) is 8.16. The fourth-order valence-corrected chi connectivity index (χ4v) is 0. The van der Waals surface area contributed by atoms with Gasteiger partial charge in [0.2, 0.25) is 11.8 Å². The van der Waals surface area contributed by atoms with Crippen molar-refractivity contribution in [1.82, 2.24) is 0 Å². The van der Waals surface area contributed by atoms with Crippen molar-refractivity contribution in [3.05, 3.63) is 0 Å². The van der Waals surface area contributed by atoms with E-state index in [9.17, 15) is 14.0 Å². The first-order valence-electron chi connectivity index (χ1n) is 2.23. The van der Waals surface area contributed by atoms with Gasteiger partial charge in [0.1, 0.15) is 5.88 Å². The quantitative estimate of drug-likeness (QED) is 0.529. The van der Waals surface area contributed by atoms with E-state index >= 15 is 0 Å². The van der Waals surface area contributed by atoms with Crippen LogP contribution in [0.5, 0.6) is 0 Å². The van der Waals surface area contributed by atoms with Gasteiger partial charge in [0.25, 0.3) is 0 Å². The van der Waals surface area contributed by atoms with Crippen LogP contribution in [0.15, 0.2) is 0 Å². The number of carbonyl (C=O) groups excluding carboxylic acids is 2. The second-order valence-electron chi connectivity index (χ2n) is 1.20. The van der Waals surface area contributed by atoms with E-state index in [1.54, 1.807) is 0 Å². The average Bonchev–Trinajstić information content (AvgIpc) is 1.89. The van der Waals surface area contributed by atoms with Gasteiger partial charge in [0.15, 0.2) is 6.67 Å². The van der Waals surface area contributed by atoms with Gasteiger partial charge in [-0.3, -0.25) is 9.59 Å². The summed E-state index contributed by atoms with van der Waals surface area (Å²) in [6.07, 6.45) is 0. The number of hydrogen-bond donors (Lipinski definition) is 2. The molecule has 0 aromatic heterocycles. The maximum atomic E-state index is 10.6. The predicted molar refractivity (Wildman–Crippen MR) is 35.1 cm³/mol. The maximum Gasteiger partial charge on any atom is 0.248 e. The SMILES string of the molecule is NC(=O)CCl.NC(=O)CF. The number of hydrogen-bond acceptors (Lipinski definition) is 2. The molecule has 4 N–H and O–H groups in total. The Balaban J connectivity index is 0. The molecule has 2 amide bonds. The van der Waals surface area contributed by atoms with Crippen molar-refractivity contribution in [2.75, 3.05) is 12.6 Å². The standard InChI is InChI=1S/C2H4ClNO.C2H4FNO/c2*3-1-2(4)5/h2*1H2,(H2,4,5). The summed E-state index contributed by atoms with van der Waals surface area (Å²) in [5, 5.41) is 0. The van der Waals surface area contributed by atoms with Crippen LogP contribution in [0.1, 0.15) is 0 Å². The molecule has 6 heteroatoms. The number of carbonyl (C=O) groups is 2. The molecule has 4 nitrogen and oxygen atoms in total. The Morgan fingerprint density at radius 3 is 1.50 bits per heavy atom. The Bertz CT molecular complexity index is 106. The molecule has 0 radical (unpaired) electrons. The van der Waals surface area contributed by atoms with Crippen molar-refractivity contribution in [3.63, 3.8) is 0 Å². The number of halogens is 2. The average molecular weight is 171 g/mol. The Morgan fingerprint density at radius 2 is 1.50 bits per heavy atom. The molecule has 0 spiro atoms.